The Hall–Kier alpha value is -0.800. The second-order valence-corrected chi connectivity index (χ2v) is 6.30. The average Bonchev–Trinajstić information content (AvgIpc) is 2.88. The summed E-state index contributed by atoms with van der Waals surface area (Å²) in [6, 6.07) is 3.96. The SMILES string of the molecule is CC(C)(C)c1cc(CCl)cc(OCC2CCCO2)n1. The van der Waals surface area contributed by atoms with Crippen LogP contribution in [0, 0.1) is 0 Å². The maximum Gasteiger partial charge on any atom is 0.213 e. The molecule has 2 rings (SSSR count). The smallest absolute Gasteiger partial charge is 0.213 e. The summed E-state index contributed by atoms with van der Waals surface area (Å²) in [5, 5.41) is 0. The molecule has 0 spiro atoms. The van der Waals surface area contributed by atoms with Gasteiger partial charge in [-0.05, 0) is 24.5 Å². The minimum Gasteiger partial charge on any atom is -0.475 e. The van der Waals surface area contributed by atoms with E-state index in [1.807, 2.05) is 12.1 Å². The van der Waals surface area contributed by atoms with Crippen LogP contribution in [0.15, 0.2) is 12.1 Å². The van der Waals surface area contributed by atoms with Gasteiger partial charge in [0, 0.05) is 24.0 Å². The van der Waals surface area contributed by atoms with Crippen LogP contribution in [0.4, 0.5) is 0 Å². The highest BCUT2D eigenvalue weighted by Crippen LogP contribution is 2.25. The molecule has 4 heteroatoms. The molecule has 106 valence electrons. The van der Waals surface area contributed by atoms with Crippen molar-refractivity contribution in [1.82, 2.24) is 4.98 Å². The van der Waals surface area contributed by atoms with E-state index in [0.29, 0.717) is 18.4 Å². The van der Waals surface area contributed by atoms with Gasteiger partial charge in [0.15, 0.2) is 0 Å². The van der Waals surface area contributed by atoms with Crippen molar-refractivity contribution in [1.29, 1.82) is 0 Å². The summed E-state index contributed by atoms with van der Waals surface area (Å²) in [6.07, 6.45) is 2.40. The first-order chi connectivity index (χ1) is 8.99. The molecule has 0 saturated carbocycles. The number of halogens is 1. The molecule has 1 atom stereocenters. The van der Waals surface area contributed by atoms with Gasteiger partial charge in [0.25, 0.3) is 0 Å². The lowest BCUT2D eigenvalue weighted by atomic mass is 9.91. The Morgan fingerprint density at radius 2 is 2.21 bits per heavy atom. The number of aromatic nitrogens is 1. The monoisotopic (exact) mass is 283 g/mol. The zero-order valence-electron chi connectivity index (χ0n) is 11.9. The van der Waals surface area contributed by atoms with E-state index >= 15 is 0 Å². The molecule has 1 unspecified atom stereocenters. The average molecular weight is 284 g/mol. The van der Waals surface area contributed by atoms with Crippen molar-refractivity contribution in [2.24, 2.45) is 0 Å². The van der Waals surface area contributed by atoms with Crippen molar-refractivity contribution < 1.29 is 9.47 Å². The summed E-state index contributed by atoms with van der Waals surface area (Å²) < 4.78 is 11.3. The van der Waals surface area contributed by atoms with Crippen LogP contribution < -0.4 is 4.74 Å². The highest BCUT2D eigenvalue weighted by Gasteiger charge is 2.19. The molecule has 0 amide bonds. The highest BCUT2D eigenvalue weighted by atomic mass is 35.5. The molecular weight excluding hydrogens is 262 g/mol. The van der Waals surface area contributed by atoms with Crippen molar-refractivity contribution in [3.8, 4) is 5.88 Å². The first-order valence-corrected chi connectivity index (χ1v) is 7.34. The van der Waals surface area contributed by atoms with Gasteiger partial charge in [0.1, 0.15) is 6.61 Å². The van der Waals surface area contributed by atoms with Crippen LogP contribution in [0.25, 0.3) is 0 Å². The molecule has 1 saturated heterocycles. The molecule has 0 aliphatic carbocycles. The molecule has 0 radical (unpaired) electrons. The molecule has 0 bridgehead atoms. The van der Waals surface area contributed by atoms with Crippen molar-refractivity contribution >= 4 is 11.6 Å². The van der Waals surface area contributed by atoms with Crippen molar-refractivity contribution in [2.75, 3.05) is 13.2 Å². The number of hydrogen-bond acceptors (Lipinski definition) is 3. The Bertz CT molecular complexity index is 423. The van der Waals surface area contributed by atoms with Crippen LogP contribution in [0.1, 0.15) is 44.9 Å². The summed E-state index contributed by atoms with van der Waals surface area (Å²) in [6.45, 7) is 7.82. The quantitative estimate of drug-likeness (QED) is 0.790. The van der Waals surface area contributed by atoms with Crippen molar-refractivity contribution in [2.45, 2.75) is 51.0 Å². The second-order valence-electron chi connectivity index (χ2n) is 6.03. The second kappa shape index (κ2) is 6.10. The molecule has 19 heavy (non-hydrogen) atoms. The molecule has 1 aliphatic heterocycles. The molecule has 0 N–H and O–H groups in total. The maximum atomic E-state index is 5.94. The lowest BCUT2D eigenvalue weighted by molar-refractivity contribution is 0.0662. The highest BCUT2D eigenvalue weighted by molar-refractivity contribution is 6.17. The Morgan fingerprint density at radius 3 is 2.79 bits per heavy atom. The molecule has 1 aromatic heterocycles. The summed E-state index contributed by atoms with van der Waals surface area (Å²) in [5.74, 6) is 1.13. The lowest BCUT2D eigenvalue weighted by Crippen LogP contribution is -2.19. The molecule has 1 aromatic rings. The third-order valence-corrected chi connectivity index (χ3v) is 3.53. The van der Waals surface area contributed by atoms with Gasteiger partial charge in [0.2, 0.25) is 5.88 Å². The largest absolute Gasteiger partial charge is 0.475 e. The summed E-state index contributed by atoms with van der Waals surface area (Å²) >= 11 is 5.94. The zero-order chi connectivity index (χ0) is 13.9. The third-order valence-electron chi connectivity index (χ3n) is 3.23. The molecule has 0 aromatic carbocycles. The molecule has 3 nitrogen and oxygen atoms in total. The number of pyridine rings is 1. The molecule has 1 fully saturated rings. The van der Waals surface area contributed by atoms with Crippen molar-refractivity contribution in [3.05, 3.63) is 23.4 Å². The van der Waals surface area contributed by atoms with Crippen LogP contribution >= 0.6 is 11.6 Å². The van der Waals surface area contributed by atoms with Gasteiger partial charge < -0.3 is 9.47 Å². The first kappa shape index (κ1) is 14.6. The molecule has 2 heterocycles. The van der Waals surface area contributed by atoms with E-state index < -0.39 is 0 Å². The van der Waals surface area contributed by atoms with E-state index in [9.17, 15) is 0 Å². The zero-order valence-corrected chi connectivity index (χ0v) is 12.7. The summed E-state index contributed by atoms with van der Waals surface area (Å²) in [4.78, 5) is 4.58. The standard InChI is InChI=1S/C15H22ClNO2/c1-15(2,3)13-7-11(9-16)8-14(17-13)19-10-12-5-4-6-18-12/h7-8,12H,4-6,9-10H2,1-3H3. The fraction of sp³-hybridized carbons (Fsp3) is 0.667. The third kappa shape index (κ3) is 4.08. The Morgan fingerprint density at radius 1 is 1.42 bits per heavy atom. The number of hydrogen-bond donors (Lipinski definition) is 0. The summed E-state index contributed by atoms with van der Waals surface area (Å²) in [7, 11) is 0. The predicted octanol–water partition coefficient (Wildman–Crippen LogP) is 3.68. The van der Waals surface area contributed by atoms with Gasteiger partial charge >= 0.3 is 0 Å². The predicted molar refractivity (Wildman–Crippen MR) is 77.0 cm³/mol. The van der Waals surface area contributed by atoms with Gasteiger partial charge in [-0.3, -0.25) is 0 Å². The molecule has 1 aliphatic rings. The number of ether oxygens (including phenoxy) is 2. The van der Waals surface area contributed by atoms with Gasteiger partial charge in [0.05, 0.1) is 11.8 Å². The van der Waals surface area contributed by atoms with Crippen LogP contribution in [-0.2, 0) is 16.0 Å². The number of nitrogens with zero attached hydrogens (tertiary/aromatic N) is 1. The van der Waals surface area contributed by atoms with Gasteiger partial charge in [-0.25, -0.2) is 4.98 Å². The van der Waals surface area contributed by atoms with Gasteiger partial charge in [-0.15, -0.1) is 11.6 Å². The minimum absolute atomic E-state index is 0.00988. The van der Waals surface area contributed by atoms with Gasteiger partial charge in [-0.1, -0.05) is 20.8 Å². The van der Waals surface area contributed by atoms with E-state index in [4.69, 9.17) is 21.1 Å². The Labute approximate surface area is 120 Å². The van der Waals surface area contributed by atoms with E-state index in [1.54, 1.807) is 0 Å². The fourth-order valence-electron chi connectivity index (χ4n) is 2.05. The Balaban J connectivity index is 2.10. The van der Waals surface area contributed by atoms with E-state index in [1.165, 1.54) is 0 Å². The topological polar surface area (TPSA) is 31.4 Å². The van der Waals surface area contributed by atoms with Crippen LogP contribution in [0.5, 0.6) is 5.88 Å². The van der Waals surface area contributed by atoms with Crippen LogP contribution in [-0.4, -0.2) is 24.3 Å². The minimum atomic E-state index is -0.00988. The van der Waals surface area contributed by atoms with Crippen LogP contribution in [0.3, 0.4) is 0 Å². The molecular formula is C15H22ClNO2. The van der Waals surface area contributed by atoms with Crippen LogP contribution in [0.2, 0.25) is 0 Å². The maximum absolute atomic E-state index is 5.94. The Kier molecular flexibility index (Phi) is 4.69. The van der Waals surface area contributed by atoms with E-state index in [2.05, 4.69) is 25.8 Å². The fourth-order valence-corrected chi connectivity index (χ4v) is 2.20. The number of rotatable bonds is 4. The van der Waals surface area contributed by atoms with E-state index in [-0.39, 0.29) is 11.5 Å². The lowest BCUT2D eigenvalue weighted by Gasteiger charge is -2.20. The normalized spacial score (nSPS) is 19.7. The van der Waals surface area contributed by atoms with Crippen molar-refractivity contribution in [3.63, 3.8) is 0 Å². The number of alkyl halides is 1. The summed E-state index contributed by atoms with van der Waals surface area (Å²) in [5.41, 5.74) is 2.04. The first-order valence-electron chi connectivity index (χ1n) is 6.81. The van der Waals surface area contributed by atoms with Gasteiger partial charge in [-0.2, -0.15) is 0 Å². The van der Waals surface area contributed by atoms with E-state index in [0.717, 1.165) is 30.7 Å².